The van der Waals surface area contributed by atoms with Crippen molar-refractivity contribution in [3.63, 3.8) is 0 Å². The fourth-order valence-electron chi connectivity index (χ4n) is 3.70. The van der Waals surface area contributed by atoms with Crippen LogP contribution in [0.3, 0.4) is 0 Å². The number of hydrogen-bond donors (Lipinski definition) is 1. The van der Waals surface area contributed by atoms with Crippen LogP contribution in [-0.2, 0) is 9.59 Å². The monoisotopic (exact) mass is 402 g/mol. The molecular formula is C23H22N4O3. The van der Waals surface area contributed by atoms with Crippen LogP contribution in [0.15, 0.2) is 48.5 Å². The lowest BCUT2D eigenvalue weighted by Crippen LogP contribution is -2.28. The van der Waals surface area contributed by atoms with Crippen molar-refractivity contribution in [3.8, 4) is 5.69 Å². The molecule has 30 heavy (non-hydrogen) atoms. The zero-order valence-corrected chi connectivity index (χ0v) is 17.1. The molecule has 2 aromatic carbocycles. The third kappa shape index (κ3) is 3.74. The van der Waals surface area contributed by atoms with Crippen molar-refractivity contribution in [2.24, 2.45) is 0 Å². The van der Waals surface area contributed by atoms with Gasteiger partial charge in [0.05, 0.1) is 17.1 Å². The summed E-state index contributed by atoms with van der Waals surface area (Å²) in [6.45, 7) is 5.88. The number of nitrogens with zero attached hydrogens (tertiary/aromatic N) is 3. The van der Waals surface area contributed by atoms with Gasteiger partial charge in [-0.3, -0.25) is 19.3 Å². The van der Waals surface area contributed by atoms with Gasteiger partial charge in [0.1, 0.15) is 5.82 Å². The Kier molecular flexibility index (Phi) is 4.95. The molecule has 1 aliphatic heterocycles. The molecule has 0 unspecified atom stereocenters. The Bertz CT molecular complexity index is 1140. The smallest absolute Gasteiger partial charge is 0.256 e. The van der Waals surface area contributed by atoms with E-state index in [0.717, 1.165) is 27.4 Å². The topological polar surface area (TPSA) is 84.3 Å². The lowest BCUT2D eigenvalue weighted by Gasteiger charge is -2.15. The normalized spacial score (nSPS) is 13.8. The van der Waals surface area contributed by atoms with E-state index in [2.05, 4.69) is 16.5 Å². The van der Waals surface area contributed by atoms with Crippen molar-refractivity contribution >= 4 is 29.2 Å². The van der Waals surface area contributed by atoms with Gasteiger partial charge in [0, 0.05) is 24.5 Å². The maximum Gasteiger partial charge on any atom is 0.256 e. The van der Waals surface area contributed by atoms with Crippen molar-refractivity contribution in [1.82, 2.24) is 9.78 Å². The van der Waals surface area contributed by atoms with E-state index in [-0.39, 0.29) is 30.6 Å². The Balaban J connectivity index is 1.63. The van der Waals surface area contributed by atoms with Gasteiger partial charge >= 0.3 is 0 Å². The van der Waals surface area contributed by atoms with Gasteiger partial charge in [-0.1, -0.05) is 12.1 Å². The molecule has 1 fully saturated rings. The fourth-order valence-corrected chi connectivity index (χ4v) is 3.70. The van der Waals surface area contributed by atoms with Gasteiger partial charge in [0.25, 0.3) is 5.91 Å². The van der Waals surface area contributed by atoms with Crippen LogP contribution in [0, 0.1) is 20.8 Å². The summed E-state index contributed by atoms with van der Waals surface area (Å²) in [7, 11) is 0. The maximum atomic E-state index is 12.9. The zero-order chi connectivity index (χ0) is 21.4. The van der Waals surface area contributed by atoms with Gasteiger partial charge in [0.2, 0.25) is 11.8 Å². The molecule has 1 aliphatic rings. The standard InChI is InChI=1S/C23H22N4O3/c1-14-9-15(2)11-19(10-14)27-20(12-16(3)25-27)24-23(30)17-5-4-6-18(13-17)26-21(28)7-8-22(26)29/h4-6,9-13H,7-8H2,1-3H3,(H,24,30). The van der Waals surface area contributed by atoms with E-state index in [1.54, 1.807) is 35.0 Å². The minimum absolute atomic E-state index is 0.198. The van der Waals surface area contributed by atoms with Crippen LogP contribution in [-0.4, -0.2) is 27.5 Å². The summed E-state index contributed by atoms with van der Waals surface area (Å²) in [4.78, 5) is 38.1. The molecule has 7 heteroatoms. The van der Waals surface area contributed by atoms with Crippen LogP contribution < -0.4 is 10.2 Å². The lowest BCUT2D eigenvalue weighted by atomic mass is 10.1. The summed E-state index contributed by atoms with van der Waals surface area (Å²) in [6, 6.07) is 14.4. The number of nitrogens with one attached hydrogen (secondary N) is 1. The number of rotatable bonds is 4. The predicted octanol–water partition coefficient (Wildman–Crippen LogP) is 3.70. The zero-order valence-electron chi connectivity index (χ0n) is 17.1. The Morgan fingerprint density at radius 1 is 0.900 bits per heavy atom. The van der Waals surface area contributed by atoms with Gasteiger partial charge in [-0.2, -0.15) is 5.10 Å². The van der Waals surface area contributed by atoms with Crippen LogP contribution in [0.5, 0.6) is 0 Å². The molecule has 0 spiro atoms. The van der Waals surface area contributed by atoms with Crippen LogP contribution in [0.25, 0.3) is 5.69 Å². The van der Waals surface area contributed by atoms with E-state index in [4.69, 9.17) is 0 Å². The number of aryl methyl sites for hydroxylation is 3. The molecule has 2 heterocycles. The molecule has 0 radical (unpaired) electrons. The first-order valence-corrected chi connectivity index (χ1v) is 9.74. The number of benzene rings is 2. The second-order valence-corrected chi connectivity index (χ2v) is 7.56. The first-order valence-electron chi connectivity index (χ1n) is 9.74. The molecule has 3 aromatic rings. The number of amides is 3. The third-order valence-electron chi connectivity index (χ3n) is 4.94. The molecule has 0 bridgehead atoms. The third-order valence-corrected chi connectivity index (χ3v) is 4.94. The summed E-state index contributed by atoms with van der Waals surface area (Å²) in [6.07, 6.45) is 0.396. The highest BCUT2D eigenvalue weighted by atomic mass is 16.2. The van der Waals surface area contributed by atoms with E-state index >= 15 is 0 Å². The Labute approximate surface area is 174 Å². The quantitative estimate of drug-likeness (QED) is 0.675. The fraction of sp³-hybridized carbons (Fsp3) is 0.217. The summed E-state index contributed by atoms with van der Waals surface area (Å²) in [5.41, 5.74) is 4.59. The van der Waals surface area contributed by atoms with Crippen molar-refractivity contribution in [3.05, 3.63) is 70.9 Å². The van der Waals surface area contributed by atoms with Gasteiger partial charge in [-0.15, -0.1) is 0 Å². The van der Waals surface area contributed by atoms with E-state index in [0.29, 0.717) is 17.1 Å². The Hall–Kier alpha value is -3.74. The number of hydrogen-bond acceptors (Lipinski definition) is 4. The van der Waals surface area contributed by atoms with Crippen LogP contribution in [0.2, 0.25) is 0 Å². The average molecular weight is 402 g/mol. The predicted molar refractivity (Wildman–Crippen MR) is 114 cm³/mol. The minimum Gasteiger partial charge on any atom is -0.306 e. The highest BCUT2D eigenvalue weighted by molar-refractivity contribution is 6.20. The largest absolute Gasteiger partial charge is 0.306 e. The van der Waals surface area contributed by atoms with E-state index < -0.39 is 0 Å². The van der Waals surface area contributed by atoms with Gasteiger partial charge in [0.15, 0.2) is 0 Å². The van der Waals surface area contributed by atoms with Crippen molar-refractivity contribution < 1.29 is 14.4 Å². The summed E-state index contributed by atoms with van der Waals surface area (Å²) >= 11 is 0. The summed E-state index contributed by atoms with van der Waals surface area (Å²) in [5.74, 6) is -0.301. The Morgan fingerprint density at radius 2 is 1.57 bits per heavy atom. The van der Waals surface area contributed by atoms with Gasteiger partial charge < -0.3 is 5.32 Å². The summed E-state index contributed by atoms with van der Waals surface area (Å²) in [5, 5.41) is 7.41. The van der Waals surface area contributed by atoms with E-state index in [1.165, 1.54) is 0 Å². The average Bonchev–Trinajstić information content (AvgIpc) is 3.22. The molecule has 1 N–H and O–H groups in total. The molecule has 0 atom stereocenters. The lowest BCUT2D eigenvalue weighted by molar-refractivity contribution is -0.121. The molecule has 152 valence electrons. The molecule has 0 saturated carbocycles. The molecule has 4 rings (SSSR count). The maximum absolute atomic E-state index is 12.9. The molecule has 1 saturated heterocycles. The van der Waals surface area contributed by atoms with Crippen molar-refractivity contribution in [1.29, 1.82) is 0 Å². The highest BCUT2D eigenvalue weighted by Crippen LogP contribution is 2.25. The number of carbonyl (C=O) groups excluding carboxylic acids is 3. The Morgan fingerprint density at radius 3 is 2.23 bits per heavy atom. The number of carbonyl (C=O) groups is 3. The first kappa shape index (κ1) is 19.6. The number of anilines is 2. The van der Waals surface area contributed by atoms with Crippen LogP contribution >= 0.6 is 0 Å². The van der Waals surface area contributed by atoms with Crippen LogP contribution in [0.1, 0.15) is 40.0 Å². The van der Waals surface area contributed by atoms with E-state index in [1.807, 2.05) is 32.9 Å². The van der Waals surface area contributed by atoms with Gasteiger partial charge in [-0.05, 0) is 62.2 Å². The molecule has 0 aliphatic carbocycles. The van der Waals surface area contributed by atoms with Gasteiger partial charge in [-0.25, -0.2) is 4.68 Å². The second kappa shape index (κ2) is 7.59. The minimum atomic E-state index is -0.346. The van der Waals surface area contributed by atoms with Crippen molar-refractivity contribution in [2.45, 2.75) is 33.6 Å². The molecule has 7 nitrogen and oxygen atoms in total. The van der Waals surface area contributed by atoms with Crippen LogP contribution in [0.4, 0.5) is 11.5 Å². The molecular weight excluding hydrogens is 380 g/mol. The molecule has 3 amide bonds. The van der Waals surface area contributed by atoms with Crippen molar-refractivity contribution in [2.75, 3.05) is 10.2 Å². The first-order chi connectivity index (χ1) is 14.3. The SMILES string of the molecule is Cc1cc(C)cc(-n2nc(C)cc2NC(=O)c2cccc(N3C(=O)CCC3=O)c2)c1. The number of aromatic nitrogens is 2. The highest BCUT2D eigenvalue weighted by Gasteiger charge is 2.30. The summed E-state index contributed by atoms with van der Waals surface area (Å²) < 4.78 is 1.70. The molecule has 1 aromatic heterocycles. The second-order valence-electron chi connectivity index (χ2n) is 7.56. The van der Waals surface area contributed by atoms with E-state index in [9.17, 15) is 14.4 Å². The number of imide groups is 1.